The first kappa shape index (κ1) is 12.4. The molecule has 0 saturated heterocycles. The Morgan fingerprint density at radius 2 is 2.05 bits per heavy atom. The highest BCUT2D eigenvalue weighted by atomic mass is 35.5. The number of fused-ring (bicyclic) bond motifs is 1. The Labute approximate surface area is 119 Å². The van der Waals surface area contributed by atoms with Crippen molar-refractivity contribution >= 4 is 33.2 Å². The summed E-state index contributed by atoms with van der Waals surface area (Å²) in [5.41, 5.74) is 2.90. The van der Waals surface area contributed by atoms with Crippen molar-refractivity contribution in [2.75, 3.05) is 7.11 Å². The Morgan fingerprint density at radius 3 is 2.68 bits per heavy atom. The molecular formula is C13H12ClN3OS. The Kier molecular flexibility index (Phi) is 2.95. The second-order valence-corrected chi connectivity index (χ2v) is 5.71. The fourth-order valence-corrected chi connectivity index (χ4v) is 3.21. The monoisotopic (exact) mass is 293 g/mol. The predicted molar refractivity (Wildman–Crippen MR) is 77.8 cm³/mol. The lowest BCUT2D eigenvalue weighted by atomic mass is 10.3. The number of aromatic nitrogens is 3. The van der Waals surface area contributed by atoms with Crippen molar-refractivity contribution in [1.29, 1.82) is 0 Å². The summed E-state index contributed by atoms with van der Waals surface area (Å²) in [4.78, 5) is 4.57. The van der Waals surface area contributed by atoms with Gasteiger partial charge in [-0.25, -0.2) is 9.67 Å². The van der Waals surface area contributed by atoms with Gasteiger partial charge in [0.25, 0.3) is 0 Å². The molecule has 0 N–H and O–H groups in total. The largest absolute Gasteiger partial charge is 0.495 e. The average Bonchev–Trinajstić information content (AvgIpc) is 2.90. The summed E-state index contributed by atoms with van der Waals surface area (Å²) in [7, 11) is 1.61. The van der Waals surface area contributed by atoms with E-state index in [4.69, 9.17) is 16.3 Å². The van der Waals surface area contributed by atoms with Gasteiger partial charge in [-0.15, -0.1) is 0 Å². The minimum absolute atomic E-state index is 0.570. The van der Waals surface area contributed by atoms with Gasteiger partial charge in [0.2, 0.25) is 5.13 Å². The van der Waals surface area contributed by atoms with E-state index in [1.807, 2.05) is 36.7 Å². The van der Waals surface area contributed by atoms with E-state index in [2.05, 4.69) is 10.1 Å². The van der Waals surface area contributed by atoms with Crippen LogP contribution < -0.4 is 4.74 Å². The Hall–Kier alpha value is -1.59. The van der Waals surface area contributed by atoms with Crippen molar-refractivity contribution in [3.8, 4) is 10.9 Å². The lowest BCUT2D eigenvalue weighted by Crippen LogP contribution is -1.97. The number of halogens is 1. The minimum Gasteiger partial charge on any atom is -0.495 e. The fourth-order valence-electron chi connectivity index (χ4n) is 1.99. The molecule has 0 spiro atoms. The number of rotatable bonds is 2. The molecule has 4 nitrogen and oxygen atoms in total. The van der Waals surface area contributed by atoms with E-state index in [0.717, 1.165) is 26.7 Å². The van der Waals surface area contributed by atoms with E-state index in [0.29, 0.717) is 10.8 Å². The van der Waals surface area contributed by atoms with Crippen molar-refractivity contribution < 1.29 is 4.74 Å². The molecule has 0 saturated carbocycles. The molecule has 0 bridgehead atoms. The summed E-state index contributed by atoms with van der Waals surface area (Å²) >= 11 is 7.68. The molecule has 0 aliphatic heterocycles. The standard InChI is InChI=1S/C13H12ClN3OS/c1-7-4-8(2)17(16-7)13-15-10-5-9(14)11(18-3)6-12(10)19-13/h4-6H,1-3H3. The van der Waals surface area contributed by atoms with Crippen molar-refractivity contribution in [1.82, 2.24) is 14.8 Å². The molecule has 3 aromatic rings. The molecule has 0 fully saturated rings. The number of thiazole rings is 1. The molecule has 98 valence electrons. The smallest absolute Gasteiger partial charge is 0.211 e. The lowest BCUT2D eigenvalue weighted by Gasteiger charge is -2.00. The van der Waals surface area contributed by atoms with Crippen molar-refractivity contribution in [2.45, 2.75) is 13.8 Å². The van der Waals surface area contributed by atoms with Crippen LogP contribution in [0.1, 0.15) is 11.4 Å². The number of ether oxygens (including phenoxy) is 1. The van der Waals surface area contributed by atoms with Crippen LogP contribution in [0.4, 0.5) is 0 Å². The van der Waals surface area contributed by atoms with Crippen LogP contribution in [-0.2, 0) is 0 Å². The predicted octanol–water partition coefficient (Wildman–Crippen LogP) is 3.76. The molecule has 0 amide bonds. The third-order valence-electron chi connectivity index (χ3n) is 2.84. The summed E-state index contributed by atoms with van der Waals surface area (Å²) in [6.45, 7) is 3.98. The van der Waals surface area contributed by atoms with Gasteiger partial charge >= 0.3 is 0 Å². The first-order valence-electron chi connectivity index (χ1n) is 5.76. The highest BCUT2D eigenvalue weighted by Crippen LogP contribution is 2.34. The number of benzene rings is 1. The normalized spacial score (nSPS) is 11.2. The summed E-state index contributed by atoms with van der Waals surface area (Å²) in [5.74, 6) is 0.665. The molecule has 2 heterocycles. The lowest BCUT2D eigenvalue weighted by molar-refractivity contribution is 0.415. The maximum Gasteiger partial charge on any atom is 0.211 e. The molecule has 6 heteroatoms. The molecular weight excluding hydrogens is 282 g/mol. The molecule has 0 aliphatic rings. The van der Waals surface area contributed by atoms with Gasteiger partial charge in [-0.2, -0.15) is 5.10 Å². The summed E-state index contributed by atoms with van der Waals surface area (Å²) in [5, 5.41) is 5.85. The van der Waals surface area contributed by atoms with Gasteiger partial charge < -0.3 is 4.74 Å². The number of hydrogen-bond acceptors (Lipinski definition) is 4. The zero-order chi connectivity index (χ0) is 13.6. The van der Waals surface area contributed by atoms with Crippen molar-refractivity contribution in [3.63, 3.8) is 0 Å². The molecule has 2 aromatic heterocycles. The highest BCUT2D eigenvalue weighted by Gasteiger charge is 2.12. The van der Waals surface area contributed by atoms with Gasteiger partial charge in [0.15, 0.2) is 0 Å². The molecule has 0 aliphatic carbocycles. The second-order valence-electron chi connectivity index (χ2n) is 4.29. The molecule has 0 unspecified atom stereocenters. The Balaban J connectivity index is 2.19. The summed E-state index contributed by atoms with van der Waals surface area (Å²) in [6, 6.07) is 5.76. The topological polar surface area (TPSA) is 39.9 Å². The van der Waals surface area contributed by atoms with Crippen LogP contribution >= 0.6 is 22.9 Å². The minimum atomic E-state index is 0.570. The van der Waals surface area contributed by atoms with Crippen molar-refractivity contribution in [3.05, 3.63) is 34.6 Å². The van der Waals surface area contributed by atoms with E-state index in [1.165, 1.54) is 0 Å². The molecule has 1 aromatic carbocycles. The van der Waals surface area contributed by atoms with E-state index in [1.54, 1.807) is 18.4 Å². The number of aryl methyl sites for hydroxylation is 2. The van der Waals surface area contributed by atoms with E-state index in [9.17, 15) is 0 Å². The van der Waals surface area contributed by atoms with Crippen LogP contribution in [0.3, 0.4) is 0 Å². The van der Waals surface area contributed by atoms with Crippen LogP contribution in [0.5, 0.6) is 5.75 Å². The number of methoxy groups -OCH3 is 1. The molecule has 0 radical (unpaired) electrons. The second kappa shape index (κ2) is 4.51. The van der Waals surface area contributed by atoms with Gasteiger partial charge in [-0.1, -0.05) is 22.9 Å². The zero-order valence-corrected chi connectivity index (χ0v) is 12.3. The summed E-state index contributed by atoms with van der Waals surface area (Å²) in [6.07, 6.45) is 0. The summed E-state index contributed by atoms with van der Waals surface area (Å²) < 4.78 is 8.10. The van der Waals surface area contributed by atoms with Gasteiger partial charge in [0.1, 0.15) is 5.75 Å². The van der Waals surface area contributed by atoms with Gasteiger partial charge in [-0.05, 0) is 26.0 Å². The first-order valence-corrected chi connectivity index (χ1v) is 6.95. The van der Waals surface area contributed by atoms with Gasteiger partial charge in [-0.3, -0.25) is 0 Å². The number of nitrogens with zero attached hydrogens (tertiary/aromatic N) is 3. The quantitative estimate of drug-likeness (QED) is 0.722. The van der Waals surface area contributed by atoms with Gasteiger partial charge in [0.05, 0.1) is 28.0 Å². The molecule has 19 heavy (non-hydrogen) atoms. The van der Waals surface area contributed by atoms with E-state index >= 15 is 0 Å². The average molecular weight is 294 g/mol. The van der Waals surface area contributed by atoms with Crippen LogP contribution in [0.25, 0.3) is 15.3 Å². The first-order chi connectivity index (χ1) is 9.08. The molecule has 0 atom stereocenters. The third-order valence-corrected chi connectivity index (χ3v) is 4.13. The SMILES string of the molecule is COc1cc2sc(-n3nc(C)cc3C)nc2cc1Cl. The van der Waals surface area contributed by atoms with E-state index < -0.39 is 0 Å². The van der Waals surface area contributed by atoms with Crippen LogP contribution in [0.15, 0.2) is 18.2 Å². The molecule has 3 rings (SSSR count). The van der Waals surface area contributed by atoms with Crippen LogP contribution in [-0.4, -0.2) is 21.9 Å². The van der Waals surface area contributed by atoms with Gasteiger partial charge in [0, 0.05) is 11.8 Å². The van der Waals surface area contributed by atoms with Crippen molar-refractivity contribution in [2.24, 2.45) is 0 Å². The maximum absolute atomic E-state index is 6.11. The van der Waals surface area contributed by atoms with Crippen LogP contribution in [0.2, 0.25) is 5.02 Å². The maximum atomic E-state index is 6.11. The Morgan fingerprint density at radius 1 is 1.26 bits per heavy atom. The highest BCUT2D eigenvalue weighted by molar-refractivity contribution is 7.20. The zero-order valence-electron chi connectivity index (χ0n) is 10.8. The van der Waals surface area contributed by atoms with Crippen LogP contribution in [0, 0.1) is 13.8 Å². The van der Waals surface area contributed by atoms with E-state index in [-0.39, 0.29) is 0 Å². The third kappa shape index (κ3) is 2.09. The number of hydrogen-bond donors (Lipinski definition) is 0. The fraction of sp³-hybridized carbons (Fsp3) is 0.231. The Bertz CT molecular complexity index is 763.